The number of ether oxygens (including phenoxy) is 1. The second kappa shape index (κ2) is 11.6. The quantitative estimate of drug-likeness (QED) is 0.314. The number of hydrogen-bond donors (Lipinski definition) is 2. The van der Waals surface area contributed by atoms with Crippen LogP contribution < -0.4 is 9.46 Å². The molecule has 1 atom stereocenters. The first-order chi connectivity index (χ1) is 21.9. The van der Waals surface area contributed by atoms with Gasteiger partial charge in [-0.3, -0.25) is 4.79 Å². The molecular weight excluding hydrogens is 612 g/mol. The highest BCUT2D eigenvalue weighted by Gasteiger charge is 2.58. The fourth-order valence-electron chi connectivity index (χ4n) is 7.94. The van der Waals surface area contributed by atoms with E-state index in [1.54, 1.807) is 12.1 Å². The number of aliphatic hydroxyl groups is 1. The summed E-state index contributed by atoms with van der Waals surface area (Å²) in [6, 6.07) is 11.9. The van der Waals surface area contributed by atoms with Gasteiger partial charge < -0.3 is 14.7 Å². The molecule has 3 aromatic rings. The van der Waals surface area contributed by atoms with Crippen molar-refractivity contribution < 1.29 is 23.1 Å². The molecule has 1 amide bonds. The molecule has 2 N–H and O–H groups in total. The third-order valence-electron chi connectivity index (χ3n) is 10.4. The number of rotatable bonds is 4. The summed E-state index contributed by atoms with van der Waals surface area (Å²) in [5, 5.41) is 10.6. The van der Waals surface area contributed by atoms with Gasteiger partial charge in [0.15, 0.2) is 0 Å². The van der Waals surface area contributed by atoms with Crippen LogP contribution in [0.3, 0.4) is 0 Å². The van der Waals surface area contributed by atoms with E-state index in [2.05, 4.69) is 30.5 Å². The fourth-order valence-corrected chi connectivity index (χ4v) is 8.93. The van der Waals surface area contributed by atoms with Crippen LogP contribution in [0.25, 0.3) is 11.3 Å². The largest absolute Gasteiger partial charge is 0.475 e. The third kappa shape index (κ3) is 6.51. The first-order valence-corrected chi connectivity index (χ1v) is 18.1. The molecular formula is C37H48N4O5S. The smallest absolute Gasteiger partial charge is 0.264 e. The number of nitrogens with zero attached hydrogens (tertiary/aromatic N) is 3. The second-order valence-electron chi connectivity index (χ2n) is 16.0. The van der Waals surface area contributed by atoms with Crippen molar-refractivity contribution in [3.8, 4) is 17.1 Å². The van der Waals surface area contributed by atoms with Crippen LogP contribution in [0.2, 0.25) is 0 Å². The normalized spacial score (nSPS) is 25.8. The number of aryl methyl sites for hydroxylation is 2. The molecule has 6 rings (SSSR count). The van der Waals surface area contributed by atoms with Crippen molar-refractivity contribution >= 4 is 21.9 Å². The lowest BCUT2D eigenvalue weighted by Crippen LogP contribution is -2.63. The molecule has 1 aliphatic heterocycles. The van der Waals surface area contributed by atoms with Gasteiger partial charge in [-0.2, -0.15) is 4.98 Å². The van der Waals surface area contributed by atoms with E-state index in [0.29, 0.717) is 23.2 Å². The molecule has 0 unspecified atom stereocenters. The highest BCUT2D eigenvalue weighted by Crippen LogP contribution is 2.62. The molecule has 2 heterocycles. The van der Waals surface area contributed by atoms with Crippen molar-refractivity contribution in [2.45, 2.75) is 110 Å². The van der Waals surface area contributed by atoms with Crippen LogP contribution in [0.1, 0.15) is 93.8 Å². The summed E-state index contributed by atoms with van der Waals surface area (Å²) in [6.45, 7) is 16.3. The first-order valence-electron chi connectivity index (χ1n) is 16.6. The minimum absolute atomic E-state index is 0.0306. The van der Waals surface area contributed by atoms with Gasteiger partial charge in [0, 0.05) is 22.7 Å². The number of benzene rings is 2. The zero-order valence-electron chi connectivity index (χ0n) is 28.8. The Morgan fingerprint density at radius 2 is 1.62 bits per heavy atom. The predicted octanol–water partition coefficient (Wildman–Crippen LogP) is 6.84. The van der Waals surface area contributed by atoms with Crippen LogP contribution in [-0.2, 0) is 10.0 Å². The van der Waals surface area contributed by atoms with Crippen molar-refractivity contribution in [1.29, 1.82) is 0 Å². The van der Waals surface area contributed by atoms with Crippen LogP contribution in [0.5, 0.6) is 5.88 Å². The van der Waals surface area contributed by atoms with Gasteiger partial charge >= 0.3 is 0 Å². The average molecular weight is 661 g/mol. The lowest BCUT2D eigenvalue weighted by Gasteiger charge is -2.62. The Morgan fingerprint density at radius 3 is 2.23 bits per heavy atom. The Hall–Kier alpha value is -3.50. The lowest BCUT2D eigenvalue weighted by atomic mass is 9.47. The summed E-state index contributed by atoms with van der Waals surface area (Å²) in [5.74, 6) is 0.238. The maximum absolute atomic E-state index is 14.5. The zero-order valence-corrected chi connectivity index (χ0v) is 29.7. The summed E-state index contributed by atoms with van der Waals surface area (Å²) in [7, 11) is -4.14. The summed E-state index contributed by atoms with van der Waals surface area (Å²) >= 11 is 0. The first kappa shape index (κ1) is 33.4. The Bertz CT molecular complexity index is 1790. The van der Waals surface area contributed by atoms with Gasteiger partial charge in [-0.1, -0.05) is 45.0 Å². The number of hydrogen-bond acceptors (Lipinski definition) is 7. The monoisotopic (exact) mass is 660 g/mol. The zero-order chi connectivity index (χ0) is 34.1. The number of amides is 1. The average Bonchev–Trinajstić information content (AvgIpc) is 2.91. The van der Waals surface area contributed by atoms with Crippen LogP contribution in [0, 0.1) is 37.5 Å². The number of aromatic nitrogens is 2. The molecule has 4 bridgehead atoms. The van der Waals surface area contributed by atoms with E-state index in [9.17, 15) is 18.3 Å². The Balaban J connectivity index is 1.45. The molecule has 2 fully saturated rings. The minimum atomic E-state index is -4.14. The highest BCUT2D eigenvalue weighted by atomic mass is 32.2. The summed E-state index contributed by atoms with van der Waals surface area (Å²) in [6.07, 6.45) is 4.25. The van der Waals surface area contributed by atoms with Crippen molar-refractivity contribution in [3.63, 3.8) is 0 Å². The molecule has 47 heavy (non-hydrogen) atoms. The number of fused-ring (bicyclic) bond motifs is 4. The Kier molecular flexibility index (Phi) is 8.23. The topological polar surface area (TPSA) is 122 Å². The van der Waals surface area contributed by atoms with E-state index in [4.69, 9.17) is 9.72 Å². The molecule has 0 radical (unpaired) electrons. The molecule has 2 aromatic carbocycles. The molecule has 1 aromatic heterocycles. The fraction of sp³-hybridized carbons (Fsp3) is 0.541. The van der Waals surface area contributed by atoms with Crippen LogP contribution in [0.15, 0.2) is 47.4 Å². The lowest BCUT2D eigenvalue weighted by molar-refractivity contribution is -0.147. The van der Waals surface area contributed by atoms with Gasteiger partial charge in [0.1, 0.15) is 6.61 Å². The van der Waals surface area contributed by atoms with Crippen molar-refractivity contribution in [2.75, 3.05) is 11.3 Å². The molecule has 2 saturated carbocycles. The van der Waals surface area contributed by atoms with Crippen LogP contribution in [0.4, 0.5) is 5.95 Å². The van der Waals surface area contributed by atoms with Crippen LogP contribution in [-0.4, -0.2) is 58.6 Å². The summed E-state index contributed by atoms with van der Waals surface area (Å²) in [5.41, 5.74) is 3.78. The number of nitrogens with one attached hydrogen (secondary N) is 1. The van der Waals surface area contributed by atoms with E-state index in [1.165, 1.54) is 12.1 Å². The SMILES string of the molecule is Cc1cccc(C)c1-c1nc2nc(c1C)OC[C@@H](CC(C)(C)C)N(C1CC3(C1)CC(C(C)(C)O)C3)C(=O)c1cccc(c1)S(=O)(=O)N2. The molecule has 9 nitrogen and oxygen atoms in total. The molecule has 0 saturated heterocycles. The van der Waals surface area contributed by atoms with Gasteiger partial charge in [0.2, 0.25) is 11.8 Å². The molecule has 10 heteroatoms. The maximum Gasteiger partial charge on any atom is 0.264 e. The molecule has 252 valence electrons. The van der Waals surface area contributed by atoms with Gasteiger partial charge in [0.05, 0.1) is 22.2 Å². The van der Waals surface area contributed by atoms with Gasteiger partial charge in [0.25, 0.3) is 15.9 Å². The van der Waals surface area contributed by atoms with Crippen molar-refractivity contribution in [2.24, 2.45) is 16.7 Å². The van der Waals surface area contributed by atoms with Gasteiger partial charge in [-0.15, -0.1) is 0 Å². The van der Waals surface area contributed by atoms with E-state index < -0.39 is 15.6 Å². The second-order valence-corrected chi connectivity index (χ2v) is 17.7. The molecule has 3 aliphatic rings. The minimum Gasteiger partial charge on any atom is -0.475 e. The molecule has 1 spiro atoms. The van der Waals surface area contributed by atoms with E-state index >= 15 is 0 Å². The number of anilines is 1. The maximum atomic E-state index is 14.5. The molecule has 2 aliphatic carbocycles. The van der Waals surface area contributed by atoms with Crippen molar-refractivity contribution in [3.05, 3.63) is 64.7 Å². The predicted molar refractivity (Wildman–Crippen MR) is 183 cm³/mol. The standard InChI is InChI=1S/C37H48N4O5S/c1-22-11-9-12-23(2)30(22)31-24(3)32-39-34(38-31)40-47(44,45)29-14-10-13-25(15-29)33(42)41(28(21-46-32)18-35(4,5)6)27-19-37(20-27)16-26(17-37)36(7,8)43/h9-15,26-28,43H,16-21H2,1-8H3,(H,38,39,40)/t26?,27?,28-,37?/m1/s1. The van der Waals surface area contributed by atoms with Gasteiger partial charge in [-0.05, 0) is 113 Å². The van der Waals surface area contributed by atoms with E-state index in [1.807, 2.05) is 57.7 Å². The third-order valence-corrected chi connectivity index (χ3v) is 11.7. The number of carbonyl (C=O) groups excluding carboxylic acids is 1. The number of carbonyl (C=O) groups is 1. The van der Waals surface area contributed by atoms with Crippen LogP contribution >= 0.6 is 0 Å². The Labute approximate surface area is 279 Å². The van der Waals surface area contributed by atoms with E-state index in [-0.39, 0.29) is 58.1 Å². The summed E-state index contributed by atoms with van der Waals surface area (Å²) in [4.78, 5) is 25.8. The number of sulfonamides is 1. The van der Waals surface area contributed by atoms with Crippen molar-refractivity contribution in [1.82, 2.24) is 14.9 Å². The van der Waals surface area contributed by atoms with Gasteiger partial charge in [-0.25, -0.2) is 18.1 Å². The van der Waals surface area contributed by atoms with E-state index in [0.717, 1.165) is 42.4 Å². The Morgan fingerprint density at radius 1 is 0.979 bits per heavy atom. The summed E-state index contributed by atoms with van der Waals surface area (Å²) < 4.78 is 36.6. The highest BCUT2D eigenvalue weighted by molar-refractivity contribution is 7.92.